The summed E-state index contributed by atoms with van der Waals surface area (Å²) in [5, 5.41) is 0. The summed E-state index contributed by atoms with van der Waals surface area (Å²) in [7, 11) is 0. The van der Waals surface area contributed by atoms with E-state index >= 15 is 0 Å². The maximum absolute atomic E-state index is 12.3. The predicted molar refractivity (Wildman–Crippen MR) is 79.1 cm³/mol. The third-order valence-corrected chi connectivity index (χ3v) is 2.98. The number of pyridine rings is 1. The molecular formula is C17H19NO2. The molecule has 0 atom stereocenters. The van der Waals surface area contributed by atoms with E-state index in [-0.39, 0.29) is 5.78 Å². The van der Waals surface area contributed by atoms with Gasteiger partial charge in [0.15, 0.2) is 5.78 Å². The molecule has 0 fully saturated rings. The molecule has 0 aliphatic rings. The fourth-order valence-corrected chi connectivity index (χ4v) is 1.96. The minimum atomic E-state index is 0.0994. The third-order valence-electron chi connectivity index (χ3n) is 2.98. The first-order chi connectivity index (χ1) is 9.81. The Balaban J connectivity index is 2.01. The van der Waals surface area contributed by atoms with Gasteiger partial charge in [-0.1, -0.05) is 25.1 Å². The predicted octanol–water partition coefficient (Wildman–Crippen LogP) is 3.69. The molecule has 0 unspecified atom stereocenters. The maximum Gasteiger partial charge on any atom is 0.166 e. The van der Waals surface area contributed by atoms with Crippen molar-refractivity contribution in [2.75, 3.05) is 6.61 Å². The molecule has 1 aromatic heterocycles. The zero-order valence-electron chi connectivity index (χ0n) is 11.7. The number of aryl methyl sites for hydroxylation is 1. The number of hydrogen-bond donors (Lipinski definition) is 0. The van der Waals surface area contributed by atoms with Gasteiger partial charge >= 0.3 is 0 Å². The molecule has 0 bridgehead atoms. The minimum Gasteiger partial charge on any atom is -0.493 e. The molecule has 2 aromatic rings. The van der Waals surface area contributed by atoms with Gasteiger partial charge in [-0.15, -0.1) is 0 Å². The Morgan fingerprint density at radius 3 is 2.70 bits per heavy atom. The van der Waals surface area contributed by atoms with Crippen molar-refractivity contribution in [3.63, 3.8) is 0 Å². The fraction of sp³-hybridized carbons (Fsp3) is 0.294. The highest BCUT2D eigenvalue weighted by Crippen LogP contribution is 2.20. The number of para-hydroxylation sites is 1. The lowest BCUT2D eigenvalue weighted by molar-refractivity contribution is 0.0978. The molecule has 0 amide bonds. The van der Waals surface area contributed by atoms with Crippen LogP contribution < -0.4 is 4.74 Å². The standard InChI is InChI=1S/C17H19NO2/c1-2-13-20-17-9-4-3-8-15(17)16(19)11-10-14-7-5-6-12-18-14/h3-9,12H,2,10-11,13H2,1H3. The number of rotatable bonds is 7. The van der Waals surface area contributed by atoms with E-state index in [4.69, 9.17) is 4.74 Å². The van der Waals surface area contributed by atoms with Gasteiger partial charge in [-0.05, 0) is 37.1 Å². The summed E-state index contributed by atoms with van der Waals surface area (Å²) in [6.07, 6.45) is 3.78. The van der Waals surface area contributed by atoms with Crippen LogP contribution >= 0.6 is 0 Å². The average molecular weight is 269 g/mol. The summed E-state index contributed by atoms with van der Waals surface area (Å²) in [6, 6.07) is 13.2. The van der Waals surface area contributed by atoms with Crippen LogP contribution in [0.5, 0.6) is 5.75 Å². The summed E-state index contributed by atoms with van der Waals surface area (Å²) in [4.78, 5) is 16.5. The highest BCUT2D eigenvalue weighted by molar-refractivity contribution is 5.98. The number of carbonyl (C=O) groups excluding carboxylic acids is 1. The second kappa shape index (κ2) is 7.43. The van der Waals surface area contributed by atoms with Gasteiger partial charge in [-0.25, -0.2) is 0 Å². The Hall–Kier alpha value is -2.16. The second-order valence-corrected chi connectivity index (χ2v) is 4.59. The number of ether oxygens (including phenoxy) is 1. The number of nitrogens with zero attached hydrogens (tertiary/aromatic N) is 1. The average Bonchev–Trinajstić information content (AvgIpc) is 2.52. The summed E-state index contributed by atoms with van der Waals surface area (Å²) < 4.78 is 5.62. The van der Waals surface area contributed by atoms with Crippen molar-refractivity contribution in [3.8, 4) is 5.75 Å². The van der Waals surface area contributed by atoms with E-state index in [2.05, 4.69) is 4.98 Å². The van der Waals surface area contributed by atoms with E-state index in [0.717, 1.165) is 12.1 Å². The lowest BCUT2D eigenvalue weighted by atomic mass is 10.0. The monoisotopic (exact) mass is 269 g/mol. The first kappa shape index (κ1) is 14.3. The Labute approximate surface area is 119 Å². The van der Waals surface area contributed by atoms with Crippen LogP contribution in [0.2, 0.25) is 0 Å². The first-order valence-electron chi connectivity index (χ1n) is 6.96. The molecule has 1 heterocycles. The first-order valence-corrected chi connectivity index (χ1v) is 6.96. The van der Waals surface area contributed by atoms with Crippen molar-refractivity contribution in [3.05, 3.63) is 59.9 Å². The van der Waals surface area contributed by atoms with Crippen LogP contribution in [0.15, 0.2) is 48.7 Å². The van der Waals surface area contributed by atoms with Gasteiger partial charge in [0.25, 0.3) is 0 Å². The molecule has 2 rings (SSSR count). The number of hydrogen-bond acceptors (Lipinski definition) is 3. The Morgan fingerprint density at radius 2 is 1.95 bits per heavy atom. The van der Waals surface area contributed by atoms with Crippen molar-refractivity contribution in [1.29, 1.82) is 0 Å². The van der Waals surface area contributed by atoms with Gasteiger partial charge in [0, 0.05) is 18.3 Å². The van der Waals surface area contributed by atoms with Crippen LogP contribution in [0.1, 0.15) is 35.8 Å². The van der Waals surface area contributed by atoms with Crippen LogP contribution in [0.3, 0.4) is 0 Å². The quantitative estimate of drug-likeness (QED) is 0.720. The van der Waals surface area contributed by atoms with Gasteiger partial charge in [0.1, 0.15) is 5.75 Å². The lowest BCUT2D eigenvalue weighted by Gasteiger charge is -2.09. The summed E-state index contributed by atoms with van der Waals surface area (Å²) in [5.41, 5.74) is 1.60. The number of ketones is 1. The van der Waals surface area contributed by atoms with Crippen molar-refractivity contribution in [2.24, 2.45) is 0 Å². The topological polar surface area (TPSA) is 39.2 Å². The van der Waals surface area contributed by atoms with E-state index in [1.165, 1.54) is 0 Å². The zero-order chi connectivity index (χ0) is 14.2. The summed E-state index contributed by atoms with van der Waals surface area (Å²) >= 11 is 0. The molecule has 0 N–H and O–H groups in total. The molecule has 104 valence electrons. The Morgan fingerprint density at radius 1 is 1.15 bits per heavy atom. The van der Waals surface area contributed by atoms with E-state index in [1.54, 1.807) is 6.20 Å². The summed E-state index contributed by atoms with van der Waals surface area (Å²) in [5.74, 6) is 0.780. The molecule has 0 saturated carbocycles. The minimum absolute atomic E-state index is 0.0994. The largest absolute Gasteiger partial charge is 0.493 e. The van der Waals surface area contributed by atoms with Crippen LogP contribution in [0, 0.1) is 0 Å². The van der Waals surface area contributed by atoms with Gasteiger partial charge in [0.2, 0.25) is 0 Å². The van der Waals surface area contributed by atoms with Crippen molar-refractivity contribution >= 4 is 5.78 Å². The van der Waals surface area contributed by atoms with Crippen LogP contribution in [0.25, 0.3) is 0 Å². The molecule has 0 radical (unpaired) electrons. The highest BCUT2D eigenvalue weighted by atomic mass is 16.5. The molecule has 3 heteroatoms. The molecule has 0 aliphatic heterocycles. The van der Waals surface area contributed by atoms with Crippen molar-refractivity contribution in [2.45, 2.75) is 26.2 Å². The maximum atomic E-state index is 12.3. The molecule has 3 nitrogen and oxygen atoms in total. The zero-order valence-corrected chi connectivity index (χ0v) is 11.7. The van der Waals surface area contributed by atoms with E-state index in [0.29, 0.717) is 30.8 Å². The smallest absolute Gasteiger partial charge is 0.166 e. The molecule has 0 saturated heterocycles. The van der Waals surface area contributed by atoms with Crippen molar-refractivity contribution in [1.82, 2.24) is 4.98 Å². The third kappa shape index (κ3) is 3.92. The highest BCUT2D eigenvalue weighted by Gasteiger charge is 2.12. The fourth-order valence-electron chi connectivity index (χ4n) is 1.96. The van der Waals surface area contributed by atoms with Crippen LogP contribution in [-0.2, 0) is 6.42 Å². The molecular weight excluding hydrogens is 250 g/mol. The Kier molecular flexibility index (Phi) is 5.30. The number of carbonyl (C=O) groups is 1. The van der Waals surface area contributed by atoms with Gasteiger partial charge in [-0.2, -0.15) is 0 Å². The van der Waals surface area contributed by atoms with Crippen LogP contribution in [0.4, 0.5) is 0 Å². The van der Waals surface area contributed by atoms with Gasteiger partial charge in [0.05, 0.1) is 12.2 Å². The van der Waals surface area contributed by atoms with Crippen molar-refractivity contribution < 1.29 is 9.53 Å². The Bertz CT molecular complexity index is 552. The number of aromatic nitrogens is 1. The SMILES string of the molecule is CCCOc1ccccc1C(=O)CCc1ccccn1. The van der Waals surface area contributed by atoms with Gasteiger partial charge in [-0.3, -0.25) is 9.78 Å². The number of Topliss-reactive ketones (excluding diaryl/α,β-unsaturated/α-hetero) is 1. The molecule has 20 heavy (non-hydrogen) atoms. The lowest BCUT2D eigenvalue weighted by Crippen LogP contribution is -2.06. The van der Waals surface area contributed by atoms with Gasteiger partial charge < -0.3 is 4.74 Å². The molecule has 1 aromatic carbocycles. The number of benzene rings is 1. The van der Waals surface area contributed by atoms with Crippen LogP contribution in [-0.4, -0.2) is 17.4 Å². The molecule has 0 aliphatic carbocycles. The van der Waals surface area contributed by atoms with E-state index < -0.39 is 0 Å². The van der Waals surface area contributed by atoms with E-state index in [9.17, 15) is 4.79 Å². The summed E-state index contributed by atoms with van der Waals surface area (Å²) in [6.45, 7) is 2.68. The molecule has 0 spiro atoms. The van der Waals surface area contributed by atoms with E-state index in [1.807, 2.05) is 49.4 Å². The normalized spacial score (nSPS) is 10.2. The second-order valence-electron chi connectivity index (χ2n) is 4.59.